The first-order valence-electron chi connectivity index (χ1n) is 6.40. The van der Waals surface area contributed by atoms with E-state index in [-0.39, 0.29) is 23.2 Å². The maximum Gasteiger partial charge on any atom is 0.271 e. The molecular formula is C13H16FN3O3. The maximum atomic E-state index is 13.6. The highest BCUT2D eigenvalue weighted by molar-refractivity contribution is 5.93. The zero-order chi connectivity index (χ0) is 14.7. The van der Waals surface area contributed by atoms with Gasteiger partial charge in [-0.1, -0.05) is 0 Å². The number of amides is 1. The van der Waals surface area contributed by atoms with Gasteiger partial charge < -0.3 is 10.2 Å². The minimum absolute atomic E-state index is 0.136. The van der Waals surface area contributed by atoms with Crippen molar-refractivity contribution in [1.29, 1.82) is 0 Å². The number of carbonyl (C=O) groups is 1. The van der Waals surface area contributed by atoms with Crippen LogP contribution in [0.4, 0.5) is 15.8 Å². The Labute approximate surface area is 115 Å². The molecule has 0 atom stereocenters. The van der Waals surface area contributed by atoms with Crippen molar-refractivity contribution in [3.05, 3.63) is 34.1 Å². The zero-order valence-electron chi connectivity index (χ0n) is 11.1. The predicted octanol–water partition coefficient (Wildman–Crippen LogP) is 2.01. The molecule has 1 fully saturated rings. The van der Waals surface area contributed by atoms with Gasteiger partial charge in [-0.05, 0) is 39.0 Å². The van der Waals surface area contributed by atoms with Crippen LogP contribution in [0.25, 0.3) is 0 Å². The summed E-state index contributed by atoms with van der Waals surface area (Å²) in [6, 6.07) is 3.10. The fourth-order valence-electron chi connectivity index (χ4n) is 2.23. The molecule has 1 amide bonds. The quantitative estimate of drug-likeness (QED) is 0.679. The fourth-order valence-corrected chi connectivity index (χ4v) is 2.23. The summed E-state index contributed by atoms with van der Waals surface area (Å²) in [5, 5.41) is 13.1. The van der Waals surface area contributed by atoms with E-state index in [9.17, 15) is 19.3 Å². The Bertz CT molecular complexity index is 528. The van der Waals surface area contributed by atoms with Gasteiger partial charge in [-0.2, -0.15) is 0 Å². The number of non-ortho nitro benzene ring substituents is 1. The van der Waals surface area contributed by atoms with E-state index >= 15 is 0 Å². The van der Waals surface area contributed by atoms with Crippen LogP contribution < -0.4 is 5.32 Å². The third-order valence-electron chi connectivity index (χ3n) is 3.51. The topological polar surface area (TPSA) is 75.5 Å². The van der Waals surface area contributed by atoms with Crippen LogP contribution in [-0.4, -0.2) is 35.9 Å². The number of piperidine rings is 1. The van der Waals surface area contributed by atoms with Gasteiger partial charge in [0.1, 0.15) is 5.82 Å². The summed E-state index contributed by atoms with van der Waals surface area (Å²) in [7, 11) is 1.98. The highest BCUT2D eigenvalue weighted by Crippen LogP contribution is 2.23. The SMILES string of the molecule is CN1CCC(C(=O)Nc2cc([N+](=O)[O-])ccc2F)CC1. The standard InChI is InChI=1S/C13H16FN3O3/c1-16-6-4-9(5-7-16)13(18)15-12-8-10(17(19)20)2-3-11(12)14/h2-3,8-9H,4-7H2,1H3,(H,15,18). The molecule has 6 nitrogen and oxygen atoms in total. The van der Waals surface area contributed by atoms with Crippen molar-refractivity contribution in [1.82, 2.24) is 4.90 Å². The van der Waals surface area contributed by atoms with Crippen LogP contribution >= 0.6 is 0 Å². The molecule has 0 spiro atoms. The number of carbonyl (C=O) groups excluding carboxylic acids is 1. The normalized spacial score (nSPS) is 16.9. The number of nitrogens with one attached hydrogen (secondary N) is 1. The lowest BCUT2D eigenvalue weighted by atomic mass is 9.96. The van der Waals surface area contributed by atoms with E-state index in [1.54, 1.807) is 0 Å². The van der Waals surface area contributed by atoms with Crippen LogP contribution in [-0.2, 0) is 4.79 Å². The Balaban J connectivity index is 2.07. The Kier molecular flexibility index (Phi) is 4.29. The van der Waals surface area contributed by atoms with E-state index in [0.717, 1.165) is 31.3 Å². The molecule has 108 valence electrons. The van der Waals surface area contributed by atoms with E-state index in [2.05, 4.69) is 10.2 Å². The van der Waals surface area contributed by atoms with Crippen molar-refractivity contribution < 1.29 is 14.1 Å². The van der Waals surface area contributed by atoms with E-state index in [1.807, 2.05) is 7.05 Å². The lowest BCUT2D eigenvalue weighted by molar-refractivity contribution is -0.384. The minimum Gasteiger partial charge on any atom is -0.323 e. The minimum atomic E-state index is -0.670. The molecule has 20 heavy (non-hydrogen) atoms. The Hall–Kier alpha value is -2.02. The monoisotopic (exact) mass is 281 g/mol. The lowest BCUT2D eigenvalue weighted by Crippen LogP contribution is -2.36. The molecule has 1 saturated heterocycles. The van der Waals surface area contributed by atoms with Gasteiger partial charge in [0.25, 0.3) is 5.69 Å². The number of halogens is 1. The van der Waals surface area contributed by atoms with Gasteiger partial charge in [0.2, 0.25) is 5.91 Å². The molecule has 0 aliphatic carbocycles. The zero-order valence-corrected chi connectivity index (χ0v) is 11.1. The number of rotatable bonds is 3. The van der Waals surface area contributed by atoms with Crippen LogP contribution in [0, 0.1) is 21.8 Å². The van der Waals surface area contributed by atoms with Crippen LogP contribution in [0.15, 0.2) is 18.2 Å². The number of benzene rings is 1. The summed E-state index contributed by atoms with van der Waals surface area (Å²) in [6.07, 6.45) is 1.41. The Morgan fingerprint density at radius 3 is 2.70 bits per heavy atom. The first-order chi connectivity index (χ1) is 9.47. The van der Waals surface area contributed by atoms with Gasteiger partial charge in [0.05, 0.1) is 10.6 Å². The third-order valence-corrected chi connectivity index (χ3v) is 3.51. The molecule has 2 rings (SSSR count). The van der Waals surface area contributed by atoms with E-state index < -0.39 is 10.7 Å². The summed E-state index contributed by atoms with van der Waals surface area (Å²) in [6.45, 7) is 1.63. The van der Waals surface area contributed by atoms with E-state index in [1.165, 1.54) is 0 Å². The molecule has 7 heteroatoms. The molecule has 1 aromatic carbocycles. The lowest BCUT2D eigenvalue weighted by Gasteiger charge is -2.28. The van der Waals surface area contributed by atoms with Crippen LogP contribution in [0.3, 0.4) is 0 Å². The highest BCUT2D eigenvalue weighted by Gasteiger charge is 2.24. The van der Waals surface area contributed by atoms with Crippen LogP contribution in [0.2, 0.25) is 0 Å². The molecule has 1 aromatic rings. The fraction of sp³-hybridized carbons (Fsp3) is 0.462. The molecule has 0 bridgehead atoms. The van der Waals surface area contributed by atoms with Gasteiger partial charge in [-0.3, -0.25) is 14.9 Å². The summed E-state index contributed by atoms with van der Waals surface area (Å²) >= 11 is 0. The highest BCUT2D eigenvalue weighted by atomic mass is 19.1. The van der Waals surface area contributed by atoms with Crippen molar-refractivity contribution in [3.8, 4) is 0 Å². The average molecular weight is 281 g/mol. The largest absolute Gasteiger partial charge is 0.323 e. The van der Waals surface area contributed by atoms with Crippen molar-refractivity contribution in [3.63, 3.8) is 0 Å². The number of nitrogens with zero attached hydrogens (tertiary/aromatic N) is 2. The number of nitro groups is 1. The van der Waals surface area contributed by atoms with Crippen molar-refractivity contribution >= 4 is 17.3 Å². The second-order valence-electron chi connectivity index (χ2n) is 4.99. The molecule has 1 heterocycles. The van der Waals surface area contributed by atoms with Gasteiger partial charge in [-0.15, -0.1) is 0 Å². The van der Waals surface area contributed by atoms with Gasteiger partial charge >= 0.3 is 0 Å². The van der Waals surface area contributed by atoms with Gasteiger partial charge in [-0.25, -0.2) is 4.39 Å². The molecule has 1 aliphatic heterocycles. The molecule has 0 radical (unpaired) electrons. The van der Waals surface area contributed by atoms with E-state index in [0.29, 0.717) is 12.8 Å². The van der Waals surface area contributed by atoms with Crippen LogP contribution in [0.1, 0.15) is 12.8 Å². The summed E-state index contributed by atoms with van der Waals surface area (Å²) in [4.78, 5) is 24.2. The number of nitro benzene ring substituents is 1. The summed E-state index contributed by atoms with van der Waals surface area (Å²) in [5.74, 6) is -1.13. The van der Waals surface area contributed by atoms with Crippen LogP contribution in [0.5, 0.6) is 0 Å². The second kappa shape index (κ2) is 5.96. The first kappa shape index (κ1) is 14.4. The predicted molar refractivity (Wildman–Crippen MR) is 71.9 cm³/mol. The van der Waals surface area contributed by atoms with Crippen molar-refractivity contribution in [2.45, 2.75) is 12.8 Å². The molecule has 0 aromatic heterocycles. The Morgan fingerprint density at radius 1 is 1.45 bits per heavy atom. The molecule has 1 aliphatic rings. The molecular weight excluding hydrogens is 265 g/mol. The molecule has 0 unspecified atom stereocenters. The summed E-state index contributed by atoms with van der Waals surface area (Å²) < 4.78 is 13.6. The van der Waals surface area contributed by atoms with Crippen molar-refractivity contribution in [2.24, 2.45) is 5.92 Å². The van der Waals surface area contributed by atoms with Gasteiger partial charge in [0.15, 0.2) is 0 Å². The number of likely N-dealkylation sites (tertiary alicyclic amines) is 1. The average Bonchev–Trinajstić information content (AvgIpc) is 2.41. The Morgan fingerprint density at radius 2 is 2.10 bits per heavy atom. The number of anilines is 1. The van der Waals surface area contributed by atoms with Gasteiger partial charge in [0, 0.05) is 18.1 Å². The second-order valence-corrected chi connectivity index (χ2v) is 4.99. The maximum absolute atomic E-state index is 13.6. The van der Waals surface area contributed by atoms with E-state index in [4.69, 9.17) is 0 Å². The first-order valence-corrected chi connectivity index (χ1v) is 6.40. The number of hydrogen-bond acceptors (Lipinski definition) is 4. The molecule has 1 N–H and O–H groups in total. The molecule has 0 saturated carbocycles. The smallest absolute Gasteiger partial charge is 0.271 e. The third kappa shape index (κ3) is 3.30. The van der Waals surface area contributed by atoms with Crippen molar-refractivity contribution in [2.75, 3.05) is 25.5 Å². The number of hydrogen-bond donors (Lipinski definition) is 1. The summed E-state index contributed by atoms with van der Waals surface area (Å²) in [5.41, 5.74) is -0.381.